The van der Waals surface area contributed by atoms with E-state index >= 15 is 0 Å². The van der Waals surface area contributed by atoms with Gasteiger partial charge in [-0.15, -0.1) is 11.8 Å². The zero-order chi connectivity index (χ0) is 24.8. The van der Waals surface area contributed by atoms with Gasteiger partial charge in [0.25, 0.3) is 11.8 Å². The highest BCUT2D eigenvalue weighted by Gasteiger charge is 2.62. The second-order valence-corrected chi connectivity index (χ2v) is 8.45. The molecule has 0 radical (unpaired) electrons. The van der Waals surface area contributed by atoms with E-state index in [0.29, 0.717) is 29.3 Å². The first kappa shape index (κ1) is 24.8. The molecule has 1 heterocycles. The smallest absolute Gasteiger partial charge is 0.334 e. The molecule has 2 aromatic rings. The third-order valence-corrected chi connectivity index (χ3v) is 5.99. The number of anilines is 1. The first-order valence-corrected chi connectivity index (χ1v) is 10.8. The number of hydrogen-bond donors (Lipinski definition) is 2. The van der Waals surface area contributed by atoms with Crippen LogP contribution in [-0.2, 0) is 13.0 Å². The highest BCUT2D eigenvalue weighted by molar-refractivity contribution is 7.98. The van der Waals surface area contributed by atoms with Gasteiger partial charge in [0.05, 0.1) is 21.6 Å². The van der Waals surface area contributed by atoms with Gasteiger partial charge in [-0.1, -0.05) is 11.6 Å². The third-order valence-electron chi connectivity index (χ3n) is 4.86. The Hall–Kier alpha value is -2.85. The van der Waals surface area contributed by atoms with Gasteiger partial charge >= 0.3 is 12.1 Å². The van der Waals surface area contributed by atoms with Crippen LogP contribution in [0.1, 0.15) is 39.4 Å². The lowest BCUT2D eigenvalue weighted by molar-refractivity contribution is -0.292. The van der Waals surface area contributed by atoms with Crippen LogP contribution in [0.4, 0.5) is 27.6 Å². The van der Waals surface area contributed by atoms with Gasteiger partial charge in [-0.3, -0.25) is 14.3 Å². The molecule has 7 nitrogen and oxygen atoms in total. The zero-order valence-corrected chi connectivity index (χ0v) is 18.6. The number of amides is 2. The van der Waals surface area contributed by atoms with Gasteiger partial charge in [0.15, 0.2) is 5.69 Å². The van der Waals surface area contributed by atoms with Gasteiger partial charge in [-0.2, -0.15) is 32.3 Å². The number of thioether (sulfide) groups is 1. The third kappa shape index (κ3) is 4.63. The van der Waals surface area contributed by atoms with E-state index in [9.17, 15) is 31.5 Å². The van der Waals surface area contributed by atoms with Crippen LogP contribution in [0.5, 0.6) is 0 Å². The van der Waals surface area contributed by atoms with Crippen LogP contribution in [0, 0.1) is 11.3 Å². The number of benzene rings is 1. The molecule has 176 valence electrons. The van der Waals surface area contributed by atoms with E-state index in [1.165, 1.54) is 24.5 Å². The zero-order valence-electron chi connectivity index (χ0n) is 17.0. The number of aryl methyl sites for hydroxylation is 1. The van der Waals surface area contributed by atoms with Gasteiger partial charge in [0.2, 0.25) is 0 Å². The van der Waals surface area contributed by atoms with E-state index in [2.05, 4.69) is 15.7 Å². The Balaban J connectivity index is 1.91. The summed E-state index contributed by atoms with van der Waals surface area (Å²) in [5, 5.41) is 17.3. The number of halogens is 6. The summed E-state index contributed by atoms with van der Waals surface area (Å²) in [4.78, 5) is 24.6. The van der Waals surface area contributed by atoms with Crippen molar-refractivity contribution in [3.05, 3.63) is 40.2 Å². The van der Waals surface area contributed by atoms with Gasteiger partial charge in [-0.05, 0) is 37.3 Å². The minimum Gasteiger partial charge on any atom is -0.334 e. The molecule has 0 aliphatic heterocycles. The van der Waals surface area contributed by atoms with E-state index in [1.54, 1.807) is 0 Å². The van der Waals surface area contributed by atoms with Crippen LogP contribution in [-0.4, -0.2) is 39.6 Å². The summed E-state index contributed by atoms with van der Waals surface area (Å²) >= 11 is 6.55. The molecule has 0 spiro atoms. The first-order chi connectivity index (χ1) is 15.3. The van der Waals surface area contributed by atoms with Gasteiger partial charge in [0, 0.05) is 12.7 Å². The average molecular weight is 508 g/mol. The molecule has 1 aromatic heterocycles. The average Bonchev–Trinajstić information content (AvgIpc) is 3.41. The van der Waals surface area contributed by atoms with Crippen LogP contribution in [0.15, 0.2) is 23.1 Å². The number of nitrogens with zero attached hydrogens (tertiary/aromatic N) is 3. The van der Waals surface area contributed by atoms with E-state index in [4.69, 9.17) is 16.9 Å². The Morgan fingerprint density at radius 2 is 1.88 bits per heavy atom. The van der Waals surface area contributed by atoms with Crippen molar-refractivity contribution in [2.75, 3.05) is 11.6 Å². The number of alkyl halides is 5. The van der Waals surface area contributed by atoms with Gasteiger partial charge in [0.1, 0.15) is 11.2 Å². The monoisotopic (exact) mass is 507 g/mol. The molecule has 1 fully saturated rings. The maximum absolute atomic E-state index is 13.9. The van der Waals surface area contributed by atoms with Gasteiger partial charge < -0.3 is 10.6 Å². The summed E-state index contributed by atoms with van der Waals surface area (Å²) in [7, 11) is 1.06. The minimum atomic E-state index is -5.90. The topological polar surface area (TPSA) is 99.8 Å². The van der Waals surface area contributed by atoms with E-state index in [1.807, 2.05) is 6.07 Å². The van der Waals surface area contributed by atoms with Crippen LogP contribution in [0.3, 0.4) is 0 Å². The molecular formula is C19H15ClF5N5O2S. The van der Waals surface area contributed by atoms with Crippen molar-refractivity contribution in [1.82, 2.24) is 15.1 Å². The summed E-state index contributed by atoms with van der Waals surface area (Å²) in [5.41, 5.74) is -3.12. The number of hydrogen-bond acceptors (Lipinski definition) is 5. The maximum Gasteiger partial charge on any atom is 0.459 e. The van der Waals surface area contributed by atoms with E-state index in [0.717, 1.165) is 7.05 Å². The SMILES string of the molecule is CSc1c(C(F)(F)C(F)(F)F)nn(C)c1C(=O)Nc1ccc(Cl)c(C(=O)NC2(C#N)CC2)c1. The van der Waals surface area contributed by atoms with Crippen LogP contribution in [0.2, 0.25) is 5.02 Å². The summed E-state index contributed by atoms with van der Waals surface area (Å²) in [6.07, 6.45) is -3.71. The lowest BCUT2D eigenvalue weighted by atomic mass is 10.1. The molecule has 1 aliphatic rings. The molecule has 0 atom stereocenters. The lowest BCUT2D eigenvalue weighted by Gasteiger charge is -2.18. The molecule has 14 heteroatoms. The summed E-state index contributed by atoms with van der Waals surface area (Å²) < 4.78 is 67.0. The van der Waals surface area contributed by atoms with Crippen LogP contribution >= 0.6 is 23.4 Å². The minimum absolute atomic E-state index is 0.0220. The number of nitrogens with one attached hydrogen (secondary N) is 2. The summed E-state index contributed by atoms with van der Waals surface area (Å²) in [5.74, 6) is -6.96. The Bertz CT molecular complexity index is 1170. The van der Waals surface area contributed by atoms with Crippen molar-refractivity contribution in [1.29, 1.82) is 5.26 Å². The van der Waals surface area contributed by atoms with E-state index in [-0.39, 0.29) is 16.3 Å². The Morgan fingerprint density at radius 3 is 2.39 bits per heavy atom. The predicted molar refractivity (Wildman–Crippen MR) is 109 cm³/mol. The highest BCUT2D eigenvalue weighted by Crippen LogP contribution is 2.47. The fourth-order valence-corrected chi connectivity index (χ4v) is 3.91. The fraction of sp³-hybridized carbons (Fsp3) is 0.368. The number of carbonyl (C=O) groups is 2. The number of nitriles is 1. The number of aromatic nitrogens is 2. The second-order valence-electron chi connectivity index (χ2n) is 7.22. The van der Waals surface area contributed by atoms with Crippen LogP contribution in [0.25, 0.3) is 0 Å². The van der Waals surface area contributed by atoms with Crippen molar-refractivity contribution in [3.63, 3.8) is 0 Å². The molecule has 0 bridgehead atoms. The largest absolute Gasteiger partial charge is 0.459 e. The standard InChI is InChI=1S/C19H15ClF5N5O2S/c1-30-12(13(33-2)14(29-30)18(21,22)19(23,24)25)16(32)27-9-3-4-11(20)10(7-9)15(31)28-17(8-26)5-6-17/h3-4,7H,5-6H2,1-2H3,(H,27,32)(H,28,31). The Kier molecular flexibility index (Phi) is 6.38. The lowest BCUT2D eigenvalue weighted by Crippen LogP contribution is -2.35. The highest BCUT2D eigenvalue weighted by atomic mass is 35.5. The Labute approximate surface area is 193 Å². The molecule has 33 heavy (non-hydrogen) atoms. The van der Waals surface area contributed by atoms with E-state index < -0.39 is 45.7 Å². The van der Waals surface area contributed by atoms with Crippen LogP contribution < -0.4 is 10.6 Å². The molecule has 1 aliphatic carbocycles. The maximum atomic E-state index is 13.9. The molecule has 2 amide bonds. The van der Waals surface area contributed by atoms with Crippen molar-refractivity contribution in [3.8, 4) is 6.07 Å². The fourth-order valence-electron chi connectivity index (χ4n) is 2.93. The van der Waals surface area contributed by atoms with Gasteiger partial charge in [-0.25, -0.2) is 0 Å². The summed E-state index contributed by atoms with van der Waals surface area (Å²) in [6.45, 7) is 0. The molecule has 2 N–H and O–H groups in total. The Morgan fingerprint density at radius 1 is 1.24 bits per heavy atom. The molecule has 1 aromatic carbocycles. The number of carbonyl (C=O) groups excluding carboxylic acids is 2. The predicted octanol–water partition coefficient (Wildman–Crippen LogP) is 4.49. The number of rotatable bonds is 6. The molecular weight excluding hydrogens is 493 g/mol. The molecule has 0 saturated heterocycles. The summed E-state index contributed by atoms with van der Waals surface area (Å²) in [6, 6.07) is 5.79. The second kappa shape index (κ2) is 8.49. The van der Waals surface area contributed by atoms with Crippen molar-refractivity contribution in [2.24, 2.45) is 7.05 Å². The first-order valence-electron chi connectivity index (χ1n) is 9.17. The molecule has 3 rings (SSSR count). The normalized spacial score (nSPS) is 15.0. The quantitative estimate of drug-likeness (QED) is 0.443. The molecule has 1 saturated carbocycles. The van der Waals surface area contributed by atoms with Crippen molar-refractivity contribution >= 4 is 40.9 Å². The van der Waals surface area contributed by atoms with Crippen molar-refractivity contribution < 1.29 is 31.5 Å². The van der Waals surface area contributed by atoms with Crippen molar-refractivity contribution in [2.45, 2.75) is 35.4 Å². The molecule has 0 unspecified atom stereocenters.